The van der Waals surface area contributed by atoms with Crippen molar-refractivity contribution in [1.82, 2.24) is 10.6 Å². The molecule has 2 N–H and O–H groups in total. The molecule has 0 bridgehead atoms. The monoisotopic (exact) mass is 977 g/mol. The molecule has 5 heteroatoms. The molecule has 1 amide bonds. The molecule has 0 radical (unpaired) electrons. The maximum atomic E-state index is 12.0. The van der Waals surface area contributed by atoms with Crippen molar-refractivity contribution in [3.63, 3.8) is 0 Å². The van der Waals surface area contributed by atoms with Gasteiger partial charge >= 0.3 is 5.97 Å². The molecule has 0 aliphatic rings. The fraction of sp³-hybridized carbons (Fsp3) is 0.969. The van der Waals surface area contributed by atoms with Crippen molar-refractivity contribution in [2.45, 2.75) is 375 Å². The summed E-state index contributed by atoms with van der Waals surface area (Å²) in [6.07, 6.45) is 74.8. The lowest BCUT2D eigenvalue weighted by molar-refractivity contribution is -0.143. The van der Waals surface area contributed by atoms with Crippen LogP contribution in [0, 0.1) is 0 Å². The van der Waals surface area contributed by atoms with E-state index in [0.29, 0.717) is 19.4 Å². The van der Waals surface area contributed by atoms with Gasteiger partial charge in [0.2, 0.25) is 5.91 Å². The second-order valence-electron chi connectivity index (χ2n) is 21.6. The lowest BCUT2D eigenvalue weighted by Gasteiger charge is -2.06. The van der Waals surface area contributed by atoms with Gasteiger partial charge in [-0.3, -0.25) is 9.59 Å². The molecule has 0 aliphatic heterocycles. The van der Waals surface area contributed by atoms with Gasteiger partial charge in [-0.1, -0.05) is 336 Å². The smallest absolute Gasteiger partial charge is 0.305 e. The molecular formula is C64H132N2O3. The molecular weight excluding hydrogens is 845 g/mol. The molecule has 69 heavy (non-hydrogen) atoms. The SMILES string of the molecule is C.C.CCCCCCCCCCCCCCCCCCCCCCCCCCCCCCCCCCCCCCCCCCCCCCCCOC(=O)CCCCCCCCC(=O)NCCCNC. The van der Waals surface area contributed by atoms with Gasteiger partial charge in [0, 0.05) is 19.4 Å². The normalized spacial score (nSPS) is 11.2. The van der Waals surface area contributed by atoms with Crippen LogP contribution in [0.3, 0.4) is 0 Å². The lowest BCUT2D eigenvalue weighted by atomic mass is 10.0. The summed E-state index contributed by atoms with van der Waals surface area (Å²) in [5.41, 5.74) is 0. The van der Waals surface area contributed by atoms with E-state index in [-0.39, 0.29) is 26.7 Å². The van der Waals surface area contributed by atoms with E-state index in [0.717, 1.165) is 64.5 Å². The summed E-state index contributed by atoms with van der Waals surface area (Å²) in [6, 6.07) is 0. The first-order valence-corrected chi connectivity index (χ1v) is 31.3. The van der Waals surface area contributed by atoms with Crippen LogP contribution in [-0.4, -0.2) is 38.6 Å². The number of unbranched alkanes of at least 4 members (excludes halogenated alkanes) is 50. The van der Waals surface area contributed by atoms with E-state index in [1.807, 2.05) is 7.05 Å². The van der Waals surface area contributed by atoms with Crippen LogP contribution in [0.15, 0.2) is 0 Å². The van der Waals surface area contributed by atoms with Crippen LogP contribution in [0.4, 0.5) is 0 Å². The van der Waals surface area contributed by atoms with Gasteiger partial charge < -0.3 is 15.4 Å². The van der Waals surface area contributed by atoms with E-state index >= 15 is 0 Å². The standard InChI is InChI=1S/C62H124N2O3.2CH4/c1-3-4-5-6-7-8-9-10-11-12-13-14-15-16-17-18-19-20-21-22-23-24-25-26-27-28-29-30-31-32-33-34-35-36-37-38-39-40-41-42-43-44-45-48-51-54-60-67-62(66)57-53-50-47-46-49-52-56-61(65)64-59-55-58-63-2;;/h63H,3-60H2,1-2H3,(H,64,65);2*1H4. The molecule has 0 spiro atoms. The average Bonchev–Trinajstić information content (AvgIpc) is 3.33. The average molecular weight is 978 g/mol. The van der Waals surface area contributed by atoms with Crippen LogP contribution in [-0.2, 0) is 14.3 Å². The highest BCUT2D eigenvalue weighted by Gasteiger charge is 2.05. The summed E-state index contributed by atoms with van der Waals surface area (Å²) in [4.78, 5) is 23.8. The van der Waals surface area contributed by atoms with Crippen LogP contribution in [0.1, 0.15) is 375 Å². The van der Waals surface area contributed by atoms with Crippen molar-refractivity contribution >= 4 is 11.9 Å². The van der Waals surface area contributed by atoms with Gasteiger partial charge in [0.15, 0.2) is 0 Å². The van der Waals surface area contributed by atoms with E-state index in [1.165, 1.54) is 289 Å². The molecule has 0 saturated heterocycles. The Kier molecular flexibility index (Phi) is 70.0. The van der Waals surface area contributed by atoms with Crippen molar-refractivity contribution in [2.75, 3.05) is 26.7 Å². The van der Waals surface area contributed by atoms with Crippen molar-refractivity contribution < 1.29 is 14.3 Å². The first kappa shape index (κ1) is 72.1. The molecule has 0 unspecified atom stereocenters. The predicted molar refractivity (Wildman–Crippen MR) is 311 cm³/mol. The zero-order chi connectivity index (χ0) is 48.3. The Morgan fingerprint density at radius 3 is 0.783 bits per heavy atom. The Bertz CT molecular complexity index is 926. The minimum Gasteiger partial charge on any atom is -0.466 e. The number of rotatable bonds is 60. The lowest BCUT2D eigenvalue weighted by Crippen LogP contribution is -2.26. The molecule has 416 valence electrons. The summed E-state index contributed by atoms with van der Waals surface area (Å²) in [6.45, 7) is 4.60. The Morgan fingerprint density at radius 1 is 0.290 bits per heavy atom. The number of carbonyl (C=O) groups excluding carboxylic acids is 2. The van der Waals surface area contributed by atoms with Crippen molar-refractivity contribution in [3.8, 4) is 0 Å². The number of amides is 1. The zero-order valence-corrected chi connectivity index (χ0v) is 46.2. The molecule has 0 heterocycles. The van der Waals surface area contributed by atoms with Gasteiger partial charge in [-0.25, -0.2) is 0 Å². The van der Waals surface area contributed by atoms with E-state index in [4.69, 9.17) is 4.74 Å². The molecule has 0 saturated carbocycles. The number of carbonyl (C=O) groups is 2. The van der Waals surface area contributed by atoms with Crippen LogP contribution in [0.25, 0.3) is 0 Å². The highest BCUT2D eigenvalue weighted by molar-refractivity contribution is 5.75. The van der Waals surface area contributed by atoms with Gasteiger partial charge in [0.25, 0.3) is 0 Å². The summed E-state index contributed by atoms with van der Waals surface area (Å²) in [7, 11) is 1.93. The van der Waals surface area contributed by atoms with Crippen LogP contribution >= 0.6 is 0 Å². The molecule has 0 rings (SSSR count). The fourth-order valence-electron chi connectivity index (χ4n) is 10.1. The predicted octanol–water partition coefficient (Wildman–Crippen LogP) is 21.6. The number of hydrogen-bond acceptors (Lipinski definition) is 4. The molecule has 0 aromatic heterocycles. The van der Waals surface area contributed by atoms with Crippen LogP contribution in [0.5, 0.6) is 0 Å². The minimum atomic E-state index is -0.0257. The Hall–Kier alpha value is -1.10. The Balaban J connectivity index is -0.0000218. The Labute approximate surface area is 436 Å². The molecule has 0 aliphatic carbocycles. The summed E-state index contributed by atoms with van der Waals surface area (Å²) >= 11 is 0. The Morgan fingerprint density at radius 2 is 0.522 bits per heavy atom. The summed E-state index contributed by atoms with van der Waals surface area (Å²) < 4.78 is 5.46. The van der Waals surface area contributed by atoms with Gasteiger partial charge in [-0.05, 0) is 39.3 Å². The topological polar surface area (TPSA) is 67.4 Å². The number of nitrogens with one attached hydrogen (secondary N) is 2. The molecule has 0 aromatic carbocycles. The van der Waals surface area contributed by atoms with Crippen LogP contribution in [0.2, 0.25) is 0 Å². The van der Waals surface area contributed by atoms with Crippen molar-refractivity contribution in [2.24, 2.45) is 0 Å². The first-order valence-electron chi connectivity index (χ1n) is 31.3. The second kappa shape index (κ2) is 66.9. The van der Waals surface area contributed by atoms with Crippen molar-refractivity contribution in [1.29, 1.82) is 0 Å². The maximum Gasteiger partial charge on any atom is 0.305 e. The highest BCUT2D eigenvalue weighted by atomic mass is 16.5. The minimum absolute atomic E-state index is 0. The molecule has 0 atom stereocenters. The third-order valence-electron chi connectivity index (χ3n) is 14.7. The van der Waals surface area contributed by atoms with Crippen molar-refractivity contribution in [3.05, 3.63) is 0 Å². The quantitative estimate of drug-likeness (QED) is 0.0471. The maximum absolute atomic E-state index is 12.0. The summed E-state index contributed by atoms with van der Waals surface area (Å²) in [5.74, 6) is 0.147. The molecule has 5 nitrogen and oxygen atoms in total. The number of esters is 1. The first-order chi connectivity index (χ1) is 33.2. The van der Waals surface area contributed by atoms with E-state index in [9.17, 15) is 9.59 Å². The fourth-order valence-corrected chi connectivity index (χ4v) is 10.1. The van der Waals surface area contributed by atoms with E-state index in [2.05, 4.69) is 17.6 Å². The number of ether oxygens (including phenoxy) is 1. The zero-order valence-electron chi connectivity index (χ0n) is 46.2. The third-order valence-corrected chi connectivity index (χ3v) is 14.7. The third kappa shape index (κ3) is 66.9. The molecule has 0 aromatic rings. The van der Waals surface area contributed by atoms with E-state index in [1.54, 1.807) is 0 Å². The largest absolute Gasteiger partial charge is 0.466 e. The summed E-state index contributed by atoms with van der Waals surface area (Å²) in [5, 5.41) is 6.07. The van der Waals surface area contributed by atoms with Gasteiger partial charge in [-0.2, -0.15) is 0 Å². The van der Waals surface area contributed by atoms with E-state index < -0.39 is 0 Å². The van der Waals surface area contributed by atoms with Crippen LogP contribution < -0.4 is 10.6 Å². The highest BCUT2D eigenvalue weighted by Crippen LogP contribution is 2.19. The van der Waals surface area contributed by atoms with Gasteiger partial charge in [-0.15, -0.1) is 0 Å². The number of hydrogen-bond donors (Lipinski definition) is 2. The second-order valence-corrected chi connectivity index (χ2v) is 21.6. The molecule has 0 fully saturated rings. The van der Waals surface area contributed by atoms with Gasteiger partial charge in [0.1, 0.15) is 0 Å². The van der Waals surface area contributed by atoms with Gasteiger partial charge in [0.05, 0.1) is 6.61 Å².